The monoisotopic (exact) mass is 611 g/mol. The van der Waals surface area contributed by atoms with E-state index in [9.17, 15) is 27.2 Å². The fraction of sp³-hybridized carbons (Fsp3) is 0.400. The van der Waals surface area contributed by atoms with E-state index in [4.69, 9.17) is 0 Å². The highest BCUT2D eigenvalue weighted by Crippen LogP contribution is 2.32. The Morgan fingerprint density at radius 2 is 1.77 bits per heavy atom. The van der Waals surface area contributed by atoms with Gasteiger partial charge in [0.1, 0.15) is 5.82 Å². The lowest BCUT2D eigenvalue weighted by molar-refractivity contribution is -0.173. The number of benzene rings is 2. The van der Waals surface area contributed by atoms with E-state index in [1.54, 1.807) is 4.90 Å². The molecule has 1 fully saturated rings. The lowest BCUT2D eigenvalue weighted by atomic mass is 9.87. The SMILES string of the molecule is C/C=C(/C(=O)N1CCC(c2cc(CNC(=O)C(F)(F)F)ccc2F)CC1)c1cccc(C)c1C.CCCCc1cccnc1. The summed E-state index contributed by atoms with van der Waals surface area (Å²) in [5.74, 6) is -2.72. The predicted octanol–water partition coefficient (Wildman–Crippen LogP) is 7.85. The van der Waals surface area contributed by atoms with Crippen molar-refractivity contribution < 1.29 is 27.2 Å². The molecule has 0 radical (unpaired) electrons. The van der Waals surface area contributed by atoms with Gasteiger partial charge in [0.2, 0.25) is 0 Å². The Morgan fingerprint density at radius 1 is 1.05 bits per heavy atom. The van der Waals surface area contributed by atoms with Crippen molar-refractivity contribution >= 4 is 17.4 Å². The lowest BCUT2D eigenvalue weighted by Gasteiger charge is -2.33. The van der Waals surface area contributed by atoms with Gasteiger partial charge in [-0.15, -0.1) is 0 Å². The van der Waals surface area contributed by atoms with E-state index in [0.29, 0.717) is 42.6 Å². The second-order valence-corrected chi connectivity index (χ2v) is 11.0. The van der Waals surface area contributed by atoms with Crippen LogP contribution in [0.5, 0.6) is 0 Å². The molecule has 0 spiro atoms. The maximum absolute atomic E-state index is 14.5. The maximum atomic E-state index is 14.5. The molecule has 1 aliphatic heterocycles. The number of carbonyl (C=O) groups is 2. The molecule has 0 unspecified atom stereocenters. The average molecular weight is 612 g/mol. The Hall–Kier alpha value is -4.01. The third kappa shape index (κ3) is 9.49. The lowest BCUT2D eigenvalue weighted by Crippen LogP contribution is -2.38. The van der Waals surface area contributed by atoms with Gasteiger partial charge < -0.3 is 10.2 Å². The largest absolute Gasteiger partial charge is 0.471 e. The van der Waals surface area contributed by atoms with Crippen LogP contribution in [0.4, 0.5) is 17.6 Å². The van der Waals surface area contributed by atoms with Gasteiger partial charge in [-0.3, -0.25) is 14.6 Å². The highest BCUT2D eigenvalue weighted by molar-refractivity contribution is 6.19. The molecule has 1 aromatic heterocycles. The van der Waals surface area contributed by atoms with E-state index in [1.165, 1.54) is 43.0 Å². The summed E-state index contributed by atoms with van der Waals surface area (Å²) >= 11 is 0. The number of halogens is 4. The van der Waals surface area contributed by atoms with Crippen molar-refractivity contribution in [3.05, 3.63) is 106 Å². The summed E-state index contributed by atoms with van der Waals surface area (Å²) in [5, 5.41) is 1.81. The van der Waals surface area contributed by atoms with E-state index in [0.717, 1.165) is 16.7 Å². The van der Waals surface area contributed by atoms with E-state index in [-0.39, 0.29) is 18.4 Å². The quantitative estimate of drug-likeness (QED) is 0.208. The molecule has 1 aliphatic rings. The number of aromatic nitrogens is 1. The van der Waals surface area contributed by atoms with Crippen LogP contribution in [0, 0.1) is 19.7 Å². The molecule has 44 heavy (non-hydrogen) atoms. The molecular formula is C35H41F4N3O2. The summed E-state index contributed by atoms with van der Waals surface area (Å²) in [6.07, 6.45) is 5.37. The van der Waals surface area contributed by atoms with Crippen molar-refractivity contribution in [2.24, 2.45) is 0 Å². The first kappa shape index (κ1) is 34.5. The summed E-state index contributed by atoms with van der Waals surface area (Å²) < 4.78 is 51.8. The maximum Gasteiger partial charge on any atom is 0.471 e. The Balaban J connectivity index is 0.000000448. The fourth-order valence-electron chi connectivity index (χ4n) is 5.23. The van der Waals surface area contributed by atoms with Crippen molar-refractivity contribution in [1.82, 2.24) is 15.2 Å². The summed E-state index contributed by atoms with van der Waals surface area (Å²) in [4.78, 5) is 30.1. The first-order chi connectivity index (χ1) is 21.0. The van der Waals surface area contributed by atoms with Crippen molar-refractivity contribution in [3.8, 4) is 0 Å². The van der Waals surface area contributed by atoms with Gasteiger partial charge in [-0.1, -0.05) is 55.8 Å². The van der Waals surface area contributed by atoms with Gasteiger partial charge in [-0.05, 0) is 97.9 Å². The van der Waals surface area contributed by atoms with Crippen LogP contribution in [0.15, 0.2) is 67.0 Å². The molecule has 1 N–H and O–H groups in total. The summed E-state index contributed by atoms with van der Waals surface area (Å²) in [7, 11) is 0. The van der Waals surface area contributed by atoms with Gasteiger partial charge >= 0.3 is 12.1 Å². The second-order valence-electron chi connectivity index (χ2n) is 11.0. The third-order valence-corrected chi connectivity index (χ3v) is 7.95. The van der Waals surface area contributed by atoms with E-state index in [2.05, 4.69) is 18.0 Å². The standard InChI is InChI=1S/C26H28F4N2O2.C9H13N/c1-4-20(21-7-5-6-16(2)17(21)3)24(33)32-12-10-19(11-13-32)22-14-18(8-9-23(22)27)15-31-25(34)26(28,29)30;1-2-3-5-9-6-4-7-10-8-9/h4-9,14,19H,10-13,15H2,1-3H3,(H,31,34);4,6-8H,2-3,5H2,1H3/b20-4+;. The zero-order valence-electron chi connectivity index (χ0n) is 25.8. The van der Waals surface area contributed by atoms with Crippen LogP contribution in [0.3, 0.4) is 0 Å². The molecule has 0 atom stereocenters. The zero-order valence-corrected chi connectivity index (χ0v) is 25.8. The van der Waals surface area contributed by atoms with E-state index in [1.807, 2.05) is 68.8 Å². The molecule has 3 aromatic rings. The molecule has 236 valence electrons. The zero-order chi connectivity index (χ0) is 32.3. The van der Waals surface area contributed by atoms with Gasteiger partial charge in [-0.2, -0.15) is 13.2 Å². The Kier molecular flexibility index (Phi) is 12.7. The minimum atomic E-state index is -4.97. The number of alkyl halides is 3. The van der Waals surface area contributed by atoms with Gasteiger partial charge in [0.15, 0.2) is 0 Å². The predicted molar refractivity (Wildman–Crippen MR) is 165 cm³/mol. The highest BCUT2D eigenvalue weighted by Gasteiger charge is 2.38. The van der Waals surface area contributed by atoms with Crippen LogP contribution in [-0.4, -0.2) is 41.0 Å². The first-order valence-electron chi connectivity index (χ1n) is 15.0. The van der Waals surface area contributed by atoms with Crippen LogP contribution in [-0.2, 0) is 22.6 Å². The smallest absolute Gasteiger partial charge is 0.344 e. The Morgan fingerprint density at radius 3 is 2.39 bits per heavy atom. The number of piperidine rings is 1. The molecule has 2 heterocycles. The molecule has 0 aliphatic carbocycles. The van der Waals surface area contributed by atoms with E-state index >= 15 is 0 Å². The minimum absolute atomic E-state index is 0.0706. The van der Waals surface area contributed by atoms with E-state index < -0.39 is 17.9 Å². The van der Waals surface area contributed by atoms with Crippen LogP contribution >= 0.6 is 0 Å². The van der Waals surface area contributed by atoms with Crippen molar-refractivity contribution in [2.75, 3.05) is 13.1 Å². The van der Waals surface area contributed by atoms with Crippen molar-refractivity contribution in [3.63, 3.8) is 0 Å². The number of amides is 2. The molecule has 0 bridgehead atoms. The number of hydrogen-bond acceptors (Lipinski definition) is 3. The van der Waals surface area contributed by atoms with Crippen LogP contribution in [0.25, 0.3) is 5.57 Å². The van der Waals surface area contributed by atoms with Gasteiger partial charge in [0, 0.05) is 37.6 Å². The number of aryl methyl sites for hydroxylation is 2. The van der Waals surface area contributed by atoms with Crippen molar-refractivity contribution in [1.29, 1.82) is 0 Å². The van der Waals surface area contributed by atoms with Crippen LogP contribution in [0.1, 0.15) is 78.8 Å². The van der Waals surface area contributed by atoms with Crippen LogP contribution < -0.4 is 5.32 Å². The number of carbonyl (C=O) groups excluding carboxylic acids is 2. The highest BCUT2D eigenvalue weighted by atomic mass is 19.4. The number of nitrogens with zero attached hydrogens (tertiary/aromatic N) is 2. The number of likely N-dealkylation sites (tertiary alicyclic amines) is 1. The third-order valence-electron chi connectivity index (χ3n) is 7.95. The summed E-state index contributed by atoms with van der Waals surface area (Å²) in [6, 6.07) is 14.0. The summed E-state index contributed by atoms with van der Waals surface area (Å²) in [5.41, 5.74) is 5.82. The molecule has 5 nitrogen and oxygen atoms in total. The van der Waals surface area contributed by atoms with Gasteiger partial charge in [0.25, 0.3) is 5.91 Å². The Labute approximate surface area is 257 Å². The molecule has 0 saturated carbocycles. The molecule has 1 saturated heterocycles. The topological polar surface area (TPSA) is 62.3 Å². The van der Waals surface area contributed by atoms with Gasteiger partial charge in [0.05, 0.1) is 0 Å². The van der Waals surface area contributed by atoms with Crippen molar-refractivity contribution in [2.45, 2.75) is 78.4 Å². The van der Waals surface area contributed by atoms with Crippen LogP contribution in [0.2, 0.25) is 0 Å². The number of pyridine rings is 1. The molecule has 4 rings (SSSR count). The van der Waals surface area contributed by atoms with Gasteiger partial charge in [-0.25, -0.2) is 4.39 Å². The Bertz CT molecular complexity index is 1430. The number of unbranched alkanes of at least 4 members (excludes halogenated alkanes) is 1. The number of hydrogen-bond donors (Lipinski definition) is 1. The number of nitrogens with one attached hydrogen (secondary N) is 1. The normalized spacial score (nSPS) is 14.1. The average Bonchev–Trinajstić information content (AvgIpc) is 3.02. The molecular weight excluding hydrogens is 570 g/mol. The molecule has 2 aromatic carbocycles. The minimum Gasteiger partial charge on any atom is -0.344 e. The first-order valence-corrected chi connectivity index (χ1v) is 15.0. The number of rotatable bonds is 8. The number of allylic oxidation sites excluding steroid dienone is 1. The fourth-order valence-corrected chi connectivity index (χ4v) is 5.23. The second kappa shape index (κ2) is 16.2. The summed E-state index contributed by atoms with van der Waals surface area (Å²) in [6.45, 7) is 8.57. The molecule has 9 heteroatoms. The molecule has 2 amide bonds.